The van der Waals surface area contributed by atoms with E-state index in [-0.39, 0.29) is 42.2 Å². The van der Waals surface area contributed by atoms with Gasteiger partial charge in [-0.3, -0.25) is 4.79 Å². The summed E-state index contributed by atoms with van der Waals surface area (Å²) in [6.07, 6.45) is 1.37. The predicted molar refractivity (Wildman–Crippen MR) is 182 cm³/mol. The number of aliphatic hydroxyl groups excluding tert-OH is 1. The molecule has 0 bridgehead atoms. The molecule has 3 aromatic rings. The molecule has 1 heterocycles. The molecule has 0 unspecified atom stereocenters. The molecule has 0 spiro atoms. The summed E-state index contributed by atoms with van der Waals surface area (Å²) in [5.41, 5.74) is 0.890. The number of anilines is 2. The fraction of sp³-hybridized carbons (Fsp3) is 0.429. The van der Waals surface area contributed by atoms with Crippen LogP contribution in [0.3, 0.4) is 0 Å². The standard InChI is InChI=1S/C35H45FN4O7S/c1-24-21-40(25(2)23-41)34(42)31-20-29(38-35(43)37-28-15-13-27(36)14-16-28)17-18-32(31)47-26(3)10-8-9-19-46-33(24)22-39(4)48(44,45)30-11-6-5-7-12-30/h5-7,11-18,20,24-26,33,41H,8-10,19,21-23H2,1-4H3,(H2,37,38,43)/t24-,25-,26+,33+/m1/s1. The van der Waals surface area contributed by atoms with E-state index < -0.39 is 39.9 Å². The van der Waals surface area contributed by atoms with Gasteiger partial charge in [0.25, 0.3) is 5.91 Å². The summed E-state index contributed by atoms with van der Waals surface area (Å²) in [5.74, 6) is -0.879. The number of carbonyl (C=O) groups excluding carboxylic acids is 2. The van der Waals surface area contributed by atoms with Crippen LogP contribution in [0.2, 0.25) is 0 Å². The summed E-state index contributed by atoms with van der Waals surface area (Å²) in [4.78, 5) is 28.8. The number of halogens is 1. The fourth-order valence-corrected chi connectivity index (χ4v) is 6.62. The predicted octanol–water partition coefficient (Wildman–Crippen LogP) is 5.59. The van der Waals surface area contributed by atoms with Gasteiger partial charge in [-0.15, -0.1) is 0 Å². The number of nitrogens with zero attached hydrogens (tertiary/aromatic N) is 2. The lowest BCUT2D eigenvalue weighted by atomic mass is 10.0. The van der Waals surface area contributed by atoms with E-state index in [9.17, 15) is 27.5 Å². The highest BCUT2D eigenvalue weighted by atomic mass is 32.2. The van der Waals surface area contributed by atoms with Gasteiger partial charge in [0.05, 0.1) is 35.3 Å². The fourth-order valence-electron chi connectivity index (χ4n) is 5.41. The number of hydrogen-bond acceptors (Lipinski definition) is 7. The number of sulfonamides is 1. The van der Waals surface area contributed by atoms with Crippen LogP contribution in [0.5, 0.6) is 5.75 Å². The molecule has 4 rings (SSSR count). The molecule has 1 aliphatic heterocycles. The van der Waals surface area contributed by atoms with Crippen molar-refractivity contribution >= 4 is 33.3 Å². The largest absolute Gasteiger partial charge is 0.490 e. The molecule has 0 saturated carbocycles. The van der Waals surface area contributed by atoms with E-state index in [0.717, 1.165) is 12.8 Å². The third-order valence-corrected chi connectivity index (χ3v) is 10.1. The lowest BCUT2D eigenvalue weighted by molar-refractivity contribution is -0.00833. The van der Waals surface area contributed by atoms with E-state index in [1.54, 1.807) is 49.4 Å². The lowest BCUT2D eigenvalue weighted by Gasteiger charge is -2.35. The second-order valence-electron chi connectivity index (χ2n) is 12.2. The number of rotatable bonds is 8. The number of fused-ring (bicyclic) bond motifs is 1. The highest BCUT2D eigenvalue weighted by Gasteiger charge is 2.32. The molecule has 13 heteroatoms. The van der Waals surface area contributed by atoms with Gasteiger partial charge in [0, 0.05) is 44.0 Å². The maximum Gasteiger partial charge on any atom is 0.323 e. The smallest absolute Gasteiger partial charge is 0.323 e. The Labute approximate surface area is 282 Å². The molecule has 4 atom stereocenters. The van der Waals surface area contributed by atoms with Crippen molar-refractivity contribution in [3.8, 4) is 5.75 Å². The topological polar surface area (TPSA) is 138 Å². The highest BCUT2D eigenvalue weighted by molar-refractivity contribution is 7.89. The van der Waals surface area contributed by atoms with E-state index in [1.165, 1.54) is 46.6 Å². The second-order valence-corrected chi connectivity index (χ2v) is 14.2. The number of carbonyl (C=O) groups is 2. The van der Waals surface area contributed by atoms with Gasteiger partial charge in [-0.2, -0.15) is 4.31 Å². The van der Waals surface area contributed by atoms with Gasteiger partial charge < -0.3 is 30.1 Å². The normalized spacial score (nSPS) is 20.3. The first-order valence-electron chi connectivity index (χ1n) is 16.1. The van der Waals surface area contributed by atoms with Crippen LogP contribution in [0.15, 0.2) is 77.7 Å². The molecule has 3 amide bonds. The van der Waals surface area contributed by atoms with Crippen LogP contribution < -0.4 is 15.4 Å². The van der Waals surface area contributed by atoms with Gasteiger partial charge in [0.2, 0.25) is 10.0 Å². The number of benzene rings is 3. The first kappa shape index (κ1) is 36.8. The monoisotopic (exact) mass is 684 g/mol. The van der Waals surface area contributed by atoms with Crippen LogP contribution >= 0.6 is 0 Å². The molecule has 0 aromatic heterocycles. The zero-order valence-electron chi connectivity index (χ0n) is 27.8. The maximum atomic E-state index is 14.3. The van der Waals surface area contributed by atoms with E-state index >= 15 is 0 Å². The van der Waals surface area contributed by atoms with Crippen LogP contribution in [0.1, 0.15) is 50.4 Å². The quantitative estimate of drug-likeness (QED) is 0.282. The molecule has 0 radical (unpaired) electrons. The summed E-state index contributed by atoms with van der Waals surface area (Å²) >= 11 is 0. The van der Waals surface area contributed by atoms with E-state index in [0.29, 0.717) is 30.2 Å². The molecule has 48 heavy (non-hydrogen) atoms. The molecule has 0 fully saturated rings. The average Bonchev–Trinajstić information content (AvgIpc) is 3.07. The molecular weight excluding hydrogens is 639 g/mol. The van der Waals surface area contributed by atoms with Gasteiger partial charge in [-0.25, -0.2) is 17.6 Å². The van der Waals surface area contributed by atoms with Crippen LogP contribution in [0.4, 0.5) is 20.6 Å². The third-order valence-electron chi connectivity index (χ3n) is 8.30. The lowest BCUT2D eigenvalue weighted by Crippen LogP contribution is -2.48. The van der Waals surface area contributed by atoms with Gasteiger partial charge in [-0.05, 0) is 87.7 Å². The summed E-state index contributed by atoms with van der Waals surface area (Å²) < 4.78 is 53.8. The summed E-state index contributed by atoms with van der Waals surface area (Å²) in [6, 6.07) is 17.1. The Morgan fingerprint density at radius 2 is 1.71 bits per heavy atom. The van der Waals surface area contributed by atoms with Crippen LogP contribution in [-0.4, -0.2) is 86.3 Å². The second kappa shape index (κ2) is 16.9. The molecule has 0 aliphatic carbocycles. The van der Waals surface area contributed by atoms with Gasteiger partial charge in [0.15, 0.2) is 0 Å². The molecule has 1 aliphatic rings. The molecule has 11 nitrogen and oxygen atoms in total. The van der Waals surface area contributed by atoms with Gasteiger partial charge in [-0.1, -0.05) is 25.1 Å². The highest BCUT2D eigenvalue weighted by Crippen LogP contribution is 2.29. The third kappa shape index (κ3) is 9.75. The Kier molecular flexibility index (Phi) is 12.9. The zero-order chi connectivity index (χ0) is 34.8. The van der Waals surface area contributed by atoms with Crippen molar-refractivity contribution in [2.45, 2.75) is 63.2 Å². The van der Waals surface area contributed by atoms with E-state index in [4.69, 9.17) is 9.47 Å². The van der Waals surface area contributed by atoms with Crippen molar-refractivity contribution in [1.29, 1.82) is 0 Å². The van der Waals surface area contributed by atoms with Crippen LogP contribution in [0, 0.1) is 11.7 Å². The SMILES string of the molecule is C[C@@H]1CN([C@H](C)CO)C(=O)c2cc(NC(=O)Nc3ccc(F)cc3)ccc2O[C@@H](C)CCCCO[C@H]1CN(C)S(=O)(=O)c1ccccc1. The summed E-state index contributed by atoms with van der Waals surface area (Å²) in [5, 5.41) is 15.5. The minimum Gasteiger partial charge on any atom is -0.490 e. The number of amides is 3. The van der Waals surface area contributed by atoms with Crippen molar-refractivity contribution in [1.82, 2.24) is 9.21 Å². The Balaban J connectivity index is 1.62. The van der Waals surface area contributed by atoms with Gasteiger partial charge in [0.1, 0.15) is 11.6 Å². The number of likely N-dealkylation sites (N-methyl/N-ethyl adjacent to an activating group) is 1. The van der Waals surface area contributed by atoms with Crippen molar-refractivity contribution < 1.29 is 37.0 Å². The first-order chi connectivity index (χ1) is 22.9. The van der Waals surface area contributed by atoms with Crippen LogP contribution in [-0.2, 0) is 14.8 Å². The molecule has 3 N–H and O–H groups in total. The number of ether oxygens (including phenoxy) is 2. The zero-order valence-corrected chi connectivity index (χ0v) is 28.6. The number of nitrogens with one attached hydrogen (secondary N) is 2. The van der Waals surface area contributed by atoms with E-state index in [1.807, 2.05) is 13.8 Å². The van der Waals surface area contributed by atoms with Crippen molar-refractivity contribution in [3.05, 3.63) is 84.2 Å². The van der Waals surface area contributed by atoms with Crippen molar-refractivity contribution in [2.24, 2.45) is 5.92 Å². The minimum absolute atomic E-state index is 0.0568. The molecule has 3 aromatic carbocycles. The molecule has 260 valence electrons. The Bertz CT molecular complexity index is 1630. The Morgan fingerprint density at radius 3 is 2.40 bits per heavy atom. The number of hydrogen-bond donors (Lipinski definition) is 3. The average molecular weight is 685 g/mol. The first-order valence-corrected chi connectivity index (χ1v) is 17.5. The summed E-state index contributed by atoms with van der Waals surface area (Å²) in [7, 11) is -2.28. The van der Waals surface area contributed by atoms with E-state index in [2.05, 4.69) is 10.6 Å². The maximum absolute atomic E-state index is 14.3. The van der Waals surface area contributed by atoms with Crippen molar-refractivity contribution in [3.63, 3.8) is 0 Å². The Morgan fingerprint density at radius 1 is 1.04 bits per heavy atom. The number of aliphatic hydroxyl groups is 1. The summed E-state index contributed by atoms with van der Waals surface area (Å²) in [6.45, 7) is 5.79. The molecular formula is C35H45FN4O7S. The molecule has 0 saturated heterocycles. The van der Waals surface area contributed by atoms with Crippen LogP contribution in [0.25, 0.3) is 0 Å². The number of urea groups is 1. The Hall–Kier alpha value is -4.04. The minimum atomic E-state index is -3.79. The van der Waals surface area contributed by atoms with Gasteiger partial charge >= 0.3 is 6.03 Å². The van der Waals surface area contributed by atoms with Crippen molar-refractivity contribution in [2.75, 3.05) is 44.0 Å².